The molecular formula is C13H19BrN2. The lowest BCUT2D eigenvalue weighted by Crippen LogP contribution is -2.29. The summed E-state index contributed by atoms with van der Waals surface area (Å²) in [6.07, 6.45) is 1.21. The first-order valence-corrected chi connectivity index (χ1v) is 6.70. The van der Waals surface area contributed by atoms with Crippen molar-refractivity contribution in [3.05, 3.63) is 28.2 Å². The van der Waals surface area contributed by atoms with E-state index < -0.39 is 0 Å². The highest BCUT2D eigenvalue weighted by molar-refractivity contribution is 9.10. The van der Waals surface area contributed by atoms with Crippen LogP contribution in [0.25, 0.3) is 0 Å². The molecule has 1 aromatic carbocycles. The highest BCUT2D eigenvalue weighted by Crippen LogP contribution is 2.23. The molecule has 1 aliphatic rings. The number of halogens is 1. The number of anilines is 1. The zero-order valence-corrected chi connectivity index (χ0v) is 11.5. The van der Waals surface area contributed by atoms with Crippen LogP contribution in [0.4, 0.5) is 5.69 Å². The highest BCUT2D eigenvalue weighted by Gasteiger charge is 2.13. The van der Waals surface area contributed by atoms with Crippen LogP contribution in [0.3, 0.4) is 0 Å². The van der Waals surface area contributed by atoms with Crippen LogP contribution in [0.5, 0.6) is 0 Å². The predicted molar refractivity (Wildman–Crippen MR) is 73.2 cm³/mol. The number of rotatable bonds is 1. The van der Waals surface area contributed by atoms with Gasteiger partial charge in [0, 0.05) is 35.8 Å². The summed E-state index contributed by atoms with van der Waals surface area (Å²) < 4.78 is 1.17. The van der Waals surface area contributed by atoms with Crippen LogP contribution in [0.15, 0.2) is 22.7 Å². The van der Waals surface area contributed by atoms with E-state index in [1.54, 1.807) is 0 Å². The van der Waals surface area contributed by atoms with Crippen molar-refractivity contribution in [1.29, 1.82) is 0 Å². The molecule has 1 aliphatic heterocycles. The molecule has 0 spiro atoms. The van der Waals surface area contributed by atoms with E-state index in [2.05, 4.69) is 58.2 Å². The molecule has 1 fully saturated rings. The molecule has 16 heavy (non-hydrogen) atoms. The number of nitrogens with one attached hydrogen (secondary N) is 1. The Morgan fingerprint density at radius 3 is 2.88 bits per heavy atom. The van der Waals surface area contributed by atoms with Crippen molar-refractivity contribution in [2.45, 2.75) is 26.3 Å². The van der Waals surface area contributed by atoms with Crippen molar-refractivity contribution < 1.29 is 0 Å². The van der Waals surface area contributed by atoms with Gasteiger partial charge in [0.1, 0.15) is 0 Å². The predicted octanol–water partition coefficient (Wildman–Crippen LogP) is 2.95. The normalized spacial score (nSPS) is 21.9. The van der Waals surface area contributed by atoms with Gasteiger partial charge in [-0.3, -0.25) is 0 Å². The first-order valence-electron chi connectivity index (χ1n) is 5.90. The van der Waals surface area contributed by atoms with Gasteiger partial charge in [-0.05, 0) is 44.0 Å². The molecule has 1 atom stereocenters. The largest absolute Gasteiger partial charge is 0.370 e. The molecule has 2 rings (SSSR count). The number of hydrogen-bond acceptors (Lipinski definition) is 2. The number of aryl methyl sites for hydroxylation is 1. The van der Waals surface area contributed by atoms with E-state index in [-0.39, 0.29) is 0 Å². The van der Waals surface area contributed by atoms with Gasteiger partial charge >= 0.3 is 0 Å². The summed E-state index contributed by atoms with van der Waals surface area (Å²) in [4.78, 5) is 2.47. The highest BCUT2D eigenvalue weighted by atomic mass is 79.9. The lowest BCUT2D eigenvalue weighted by Gasteiger charge is -2.23. The van der Waals surface area contributed by atoms with Crippen LogP contribution in [0.2, 0.25) is 0 Å². The molecule has 1 unspecified atom stereocenters. The number of hydrogen-bond donors (Lipinski definition) is 1. The van der Waals surface area contributed by atoms with Crippen molar-refractivity contribution in [3.8, 4) is 0 Å². The summed E-state index contributed by atoms with van der Waals surface area (Å²) in [5.74, 6) is 0. The van der Waals surface area contributed by atoms with Crippen molar-refractivity contribution in [1.82, 2.24) is 5.32 Å². The molecule has 1 N–H and O–H groups in total. The Hall–Kier alpha value is -0.540. The zero-order valence-electron chi connectivity index (χ0n) is 9.96. The SMILES string of the molecule is Cc1cc(Br)cc(N2CCNC(C)CC2)c1. The molecule has 0 radical (unpaired) electrons. The number of nitrogens with zero attached hydrogens (tertiary/aromatic N) is 1. The van der Waals surface area contributed by atoms with Gasteiger partial charge in [-0.15, -0.1) is 0 Å². The minimum Gasteiger partial charge on any atom is -0.370 e. The van der Waals surface area contributed by atoms with E-state index in [0.29, 0.717) is 6.04 Å². The van der Waals surface area contributed by atoms with Gasteiger partial charge in [0.15, 0.2) is 0 Å². The van der Waals surface area contributed by atoms with Gasteiger partial charge in [-0.2, -0.15) is 0 Å². The average molecular weight is 283 g/mol. The summed E-state index contributed by atoms with van der Waals surface area (Å²) in [5.41, 5.74) is 2.65. The van der Waals surface area contributed by atoms with E-state index in [1.165, 1.54) is 22.1 Å². The molecule has 88 valence electrons. The third-order valence-corrected chi connectivity index (χ3v) is 3.56. The summed E-state index contributed by atoms with van der Waals surface area (Å²) in [6.45, 7) is 7.72. The van der Waals surface area contributed by atoms with Gasteiger partial charge in [-0.25, -0.2) is 0 Å². The van der Waals surface area contributed by atoms with Crippen LogP contribution in [-0.2, 0) is 0 Å². The van der Waals surface area contributed by atoms with Gasteiger partial charge in [0.05, 0.1) is 0 Å². The summed E-state index contributed by atoms with van der Waals surface area (Å²) in [7, 11) is 0. The maximum Gasteiger partial charge on any atom is 0.0380 e. The van der Waals surface area contributed by atoms with Crippen molar-refractivity contribution in [2.24, 2.45) is 0 Å². The zero-order chi connectivity index (χ0) is 11.5. The Balaban J connectivity index is 2.16. The fourth-order valence-electron chi connectivity index (χ4n) is 2.17. The second-order valence-electron chi connectivity index (χ2n) is 4.62. The van der Waals surface area contributed by atoms with Crippen molar-refractivity contribution in [2.75, 3.05) is 24.5 Å². The second-order valence-corrected chi connectivity index (χ2v) is 5.53. The lowest BCUT2D eigenvalue weighted by molar-refractivity contribution is 0.566. The second kappa shape index (κ2) is 5.19. The standard InChI is InChI=1S/C13H19BrN2/c1-10-7-12(14)9-13(8-10)16-5-3-11(2)15-4-6-16/h7-9,11,15H,3-6H2,1-2H3. The molecule has 1 saturated heterocycles. The van der Waals surface area contributed by atoms with E-state index >= 15 is 0 Å². The molecule has 0 saturated carbocycles. The fourth-order valence-corrected chi connectivity index (χ4v) is 2.76. The Labute approximate surface area is 106 Å². The van der Waals surface area contributed by atoms with E-state index in [4.69, 9.17) is 0 Å². The lowest BCUT2D eigenvalue weighted by atomic mass is 10.2. The topological polar surface area (TPSA) is 15.3 Å². The Kier molecular flexibility index (Phi) is 3.87. The third kappa shape index (κ3) is 2.98. The Morgan fingerprint density at radius 2 is 2.12 bits per heavy atom. The first kappa shape index (κ1) is 11.9. The Bertz CT molecular complexity index is 345. The first-order chi connectivity index (χ1) is 7.65. The van der Waals surface area contributed by atoms with Gasteiger partial charge in [0.2, 0.25) is 0 Å². The van der Waals surface area contributed by atoms with Gasteiger partial charge in [0.25, 0.3) is 0 Å². The van der Waals surface area contributed by atoms with Crippen LogP contribution < -0.4 is 10.2 Å². The van der Waals surface area contributed by atoms with E-state index in [0.717, 1.165) is 19.6 Å². The average Bonchev–Trinajstić information content (AvgIpc) is 2.41. The minimum atomic E-state index is 0.637. The Morgan fingerprint density at radius 1 is 1.31 bits per heavy atom. The molecule has 1 heterocycles. The van der Waals surface area contributed by atoms with Crippen molar-refractivity contribution in [3.63, 3.8) is 0 Å². The quantitative estimate of drug-likeness (QED) is 0.852. The van der Waals surface area contributed by atoms with Crippen molar-refractivity contribution >= 4 is 21.6 Å². The summed E-state index contributed by atoms with van der Waals surface area (Å²) in [6, 6.07) is 7.27. The monoisotopic (exact) mass is 282 g/mol. The molecule has 0 aromatic heterocycles. The molecular weight excluding hydrogens is 264 g/mol. The summed E-state index contributed by atoms with van der Waals surface area (Å²) in [5, 5.41) is 3.52. The molecule has 3 heteroatoms. The van der Waals surface area contributed by atoms with Crippen LogP contribution in [0, 0.1) is 6.92 Å². The van der Waals surface area contributed by atoms with E-state index in [9.17, 15) is 0 Å². The van der Waals surface area contributed by atoms with Crippen LogP contribution in [0.1, 0.15) is 18.9 Å². The molecule has 0 bridgehead atoms. The van der Waals surface area contributed by atoms with Gasteiger partial charge in [-0.1, -0.05) is 15.9 Å². The van der Waals surface area contributed by atoms with Crippen LogP contribution >= 0.6 is 15.9 Å². The molecule has 2 nitrogen and oxygen atoms in total. The third-order valence-electron chi connectivity index (χ3n) is 3.10. The minimum absolute atomic E-state index is 0.637. The molecule has 0 aliphatic carbocycles. The molecule has 1 aromatic rings. The fraction of sp³-hybridized carbons (Fsp3) is 0.538. The maximum atomic E-state index is 3.57. The summed E-state index contributed by atoms with van der Waals surface area (Å²) >= 11 is 3.57. The van der Waals surface area contributed by atoms with Crippen LogP contribution in [-0.4, -0.2) is 25.7 Å². The van der Waals surface area contributed by atoms with Gasteiger partial charge < -0.3 is 10.2 Å². The molecule has 0 amide bonds. The number of benzene rings is 1. The van der Waals surface area contributed by atoms with E-state index in [1.807, 2.05) is 0 Å². The maximum absolute atomic E-state index is 3.57. The smallest absolute Gasteiger partial charge is 0.0380 e.